The molecule has 0 aromatic heterocycles. The molecule has 1 aromatic carbocycles. The average molecular weight is 264 g/mol. The summed E-state index contributed by atoms with van der Waals surface area (Å²) in [5.74, 6) is 0.830. The first-order valence-electron chi connectivity index (χ1n) is 6.90. The lowest BCUT2D eigenvalue weighted by atomic mass is 10.1. The van der Waals surface area contributed by atoms with Gasteiger partial charge in [0.05, 0.1) is 13.0 Å². The van der Waals surface area contributed by atoms with Crippen LogP contribution in [0, 0.1) is 0 Å². The lowest BCUT2D eigenvalue weighted by Crippen LogP contribution is -2.24. The van der Waals surface area contributed by atoms with Crippen molar-refractivity contribution in [1.82, 2.24) is 10.6 Å². The summed E-state index contributed by atoms with van der Waals surface area (Å²) in [6, 6.07) is 8.33. The standard InChI is InChI=1S/C15H24N2O2/c1-4-16-12(3)13-6-8-14(9-7-13)19-11-10-15(18)17-5-2/h6-9,12,16H,4-5,10-11H2,1-3H3,(H,17,18). The van der Waals surface area contributed by atoms with E-state index in [0.717, 1.165) is 12.3 Å². The molecular weight excluding hydrogens is 240 g/mol. The Balaban J connectivity index is 2.38. The summed E-state index contributed by atoms with van der Waals surface area (Å²) in [6.07, 6.45) is 0.392. The number of ether oxygens (including phenoxy) is 1. The van der Waals surface area contributed by atoms with E-state index in [1.165, 1.54) is 5.56 Å². The van der Waals surface area contributed by atoms with Crippen LogP contribution in [0.15, 0.2) is 24.3 Å². The molecule has 2 N–H and O–H groups in total. The molecule has 106 valence electrons. The smallest absolute Gasteiger partial charge is 0.223 e. The van der Waals surface area contributed by atoms with Gasteiger partial charge in [-0.1, -0.05) is 19.1 Å². The highest BCUT2D eigenvalue weighted by molar-refractivity contribution is 5.75. The first kappa shape index (κ1) is 15.5. The molecule has 1 amide bonds. The predicted molar refractivity (Wildman–Crippen MR) is 77.3 cm³/mol. The predicted octanol–water partition coefficient (Wildman–Crippen LogP) is 2.26. The third-order valence-corrected chi connectivity index (χ3v) is 2.86. The summed E-state index contributed by atoms with van der Waals surface area (Å²) in [5, 5.41) is 6.10. The second-order valence-electron chi connectivity index (χ2n) is 4.40. The zero-order valence-electron chi connectivity index (χ0n) is 12.0. The maximum atomic E-state index is 11.2. The lowest BCUT2D eigenvalue weighted by molar-refractivity contribution is -0.121. The average Bonchev–Trinajstić information content (AvgIpc) is 2.40. The Labute approximate surface area is 115 Å². The van der Waals surface area contributed by atoms with Crippen LogP contribution in [0.25, 0.3) is 0 Å². The number of benzene rings is 1. The van der Waals surface area contributed by atoms with Gasteiger partial charge in [-0.15, -0.1) is 0 Å². The first-order valence-corrected chi connectivity index (χ1v) is 6.90. The van der Waals surface area contributed by atoms with Gasteiger partial charge < -0.3 is 15.4 Å². The van der Waals surface area contributed by atoms with Crippen molar-refractivity contribution in [3.8, 4) is 5.75 Å². The van der Waals surface area contributed by atoms with Crippen molar-refractivity contribution in [3.05, 3.63) is 29.8 Å². The maximum absolute atomic E-state index is 11.2. The highest BCUT2D eigenvalue weighted by atomic mass is 16.5. The molecule has 0 fully saturated rings. The fourth-order valence-electron chi connectivity index (χ4n) is 1.82. The van der Waals surface area contributed by atoms with Gasteiger partial charge in [-0.25, -0.2) is 0 Å². The summed E-state index contributed by atoms with van der Waals surface area (Å²) in [5.41, 5.74) is 1.23. The minimum atomic E-state index is 0.0277. The Morgan fingerprint density at radius 3 is 2.47 bits per heavy atom. The molecule has 1 atom stereocenters. The van der Waals surface area contributed by atoms with Gasteiger partial charge in [0.15, 0.2) is 0 Å². The molecule has 0 radical (unpaired) electrons. The second-order valence-corrected chi connectivity index (χ2v) is 4.40. The molecule has 1 rings (SSSR count). The van der Waals surface area contributed by atoms with Crippen molar-refractivity contribution in [1.29, 1.82) is 0 Å². The molecule has 1 unspecified atom stereocenters. The monoisotopic (exact) mass is 264 g/mol. The topological polar surface area (TPSA) is 50.4 Å². The fraction of sp³-hybridized carbons (Fsp3) is 0.533. The minimum absolute atomic E-state index is 0.0277. The Kier molecular flexibility index (Phi) is 6.97. The van der Waals surface area contributed by atoms with Gasteiger partial charge in [0, 0.05) is 12.6 Å². The van der Waals surface area contributed by atoms with Crippen molar-refractivity contribution >= 4 is 5.91 Å². The fourth-order valence-corrected chi connectivity index (χ4v) is 1.82. The molecular formula is C15H24N2O2. The minimum Gasteiger partial charge on any atom is -0.493 e. The lowest BCUT2D eigenvalue weighted by Gasteiger charge is -2.13. The SMILES string of the molecule is CCNC(=O)CCOc1ccc(C(C)NCC)cc1. The van der Waals surface area contributed by atoms with Gasteiger partial charge in [0.2, 0.25) is 5.91 Å². The normalized spacial score (nSPS) is 11.9. The Hall–Kier alpha value is -1.55. The number of carbonyl (C=O) groups excluding carboxylic acids is 1. The number of hydrogen-bond acceptors (Lipinski definition) is 3. The maximum Gasteiger partial charge on any atom is 0.223 e. The zero-order valence-corrected chi connectivity index (χ0v) is 12.0. The molecule has 19 heavy (non-hydrogen) atoms. The molecule has 0 heterocycles. The van der Waals surface area contributed by atoms with E-state index >= 15 is 0 Å². The van der Waals surface area contributed by atoms with E-state index in [2.05, 4.69) is 36.6 Å². The van der Waals surface area contributed by atoms with Crippen LogP contribution in [-0.2, 0) is 4.79 Å². The number of nitrogens with one attached hydrogen (secondary N) is 2. The molecule has 0 saturated carbocycles. The number of rotatable bonds is 8. The van der Waals surface area contributed by atoms with E-state index in [1.54, 1.807) is 0 Å². The number of hydrogen-bond donors (Lipinski definition) is 2. The third kappa shape index (κ3) is 5.75. The second kappa shape index (κ2) is 8.53. The van der Waals surface area contributed by atoms with Gasteiger partial charge in [-0.3, -0.25) is 4.79 Å². The van der Waals surface area contributed by atoms with E-state index in [9.17, 15) is 4.79 Å². The van der Waals surface area contributed by atoms with Crippen LogP contribution in [0.3, 0.4) is 0 Å². The molecule has 4 nitrogen and oxygen atoms in total. The van der Waals surface area contributed by atoms with Crippen molar-refractivity contribution < 1.29 is 9.53 Å². The summed E-state index contributed by atoms with van der Waals surface area (Å²) in [7, 11) is 0. The molecule has 0 aliphatic heterocycles. The van der Waals surface area contributed by atoms with Crippen LogP contribution in [0.2, 0.25) is 0 Å². The molecule has 4 heteroatoms. The molecule has 1 aromatic rings. The van der Waals surface area contributed by atoms with Crippen molar-refractivity contribution in [2.75, 3.05) is 19.7 Å². The zero-order chi connectivity index (χ0) is 14.1. The summed E-state index contributed by atoms with van der Waals surface area (Å²) >= 11 is 0. The highest BCUT2D eigenvalue weighted by Crippen LogP contribution is 2.17. The van der Waals surface area contributed by atoms with Crippen molar-refractivity contribution in [2.24, 2.45) is 0 Å². The molecule has 0 bridgehead atoms. The largest absolute Gasteiger partial charge is 0.493 e. The van der Waals surface area contributed by atoms with Gasteiger partial charge in [0.25, 0.3) is 0 Å². The third-order valence-electron chi connectivity index (χ3n) is 2.86. The van der Waals surface area contributed by atoms with E-state index in [0.29, 0.717) is 25.6 Å². The van der Waals surface area contributed by atoms with Crippen molar-refractivity contribution in [3.63, 3.8) is 0 Å². The van der Waals surface area contributed by atoms with Crippen LogP contribution < -0.4 is 15.4 Å². The van der Waals surface area contributed by atoms with Crippen LogP contribution in [0.1, 0.15) is 38.8 Å². The first-order chi connectivity index (χ1) is 9.17. The van der Waals surface area contributed by atoms with Crippen LogP contribution in [0.5, 0.6) is 5.75 Å². The van der Waals surface area contributed by atoms with Crippen LogP contribution in [0.4, 0.5) is 0 Å². The van der Waals surface area contributed by atoms with Crippen molar-refractivity contribution in [2.45, 2.75) is 33.2 Å². The quantitative estimate of drug-likeness (QED) is 0.757. The molecule has 0 aliphatic carbocycles. The Bertz CT molecular complexity index is 376. The van der Waals surface area contributed by atoms with Crippen LogP contribution >= 0.6 is 0 Å². The van der Waals surface area contributed by atoms with E-state index in [1.807, 2.05) is 19.1 Å². The van der Waals surface area contributed by atoms with Gasteiger partial charge in [-0.05, 0) is 38.1 Å². The van der Waals surface area contributed by atoms with Crippen LogP contribution in [-0.4, -0.2) is 25.6 Å². The highest BCUT2D eigenvalue weighted by Gasteiger charge is 2.04. The van der Waals surface area contributed by atoms with Gasteiger partial charge in [-0.2, -0.15) is 0 Å². The Morgan fingerprint density at radius 1 is 1.21 bits per heavy atom. The molecule has 0 saturated heterocycles. The number of carbonyl (C=O) groups is 1. The molecule has 0 aliphatic rings. The summed E-state index contributed by atoms with van der Waals surface area (Å²) in [6.45, 7) is 8.16. The van der Waals surface area contributed by atoms with E-state index in [4.69, 9.17) is 4.74 Å². The van der Waals surface area contributed by atoms with Gasteiger partial charge in [0.1, 0.15) is 5.75 Å². The van der Waals surface area contributed by atoms with E-state index < -0.39 is 0 Å². The van der Waals surface area contributed by atoms with E-state index in [-0.39, 0.29) is 5.91 Å². The summed E-state index contributed by atoms with van der Waals surface area (Å²) in [4.78, 5) is 11.2. The van der Waals surface area contributed by atoms with Gasteiger partial charge >= 0.3 is 0 Å². The number of amides is 1. The Morgan fingerprint density at radius 2 is 1.89 bits per heavy atom. The summed E-state index contributed by atoms with van der Waals surface area (Å²) < 4.78 is 5.54. The molecule has 0 spiro atoms.